The zero-order valence-electron chi connectivity index (χ0n) is 7.40. The summed E-state index contributed by atoms with van der Waals surface area (Å²) < 4.78 is 5.94. The van der Waals surface area contributed by atoms with Crippen LogP contribution in [-0.4, -0.2) is 10.1 Å². The lowest BCUT2D eigenvalue weighted by Crippen LogP contribution is -1.97. The van der Waals surface area contributed by atoms with Crippen molar-refractivity contribution in [2.45, 2.75) is 13.0 Å². The molecule has 0 aliphatic heterocycles. The molecule has 0 spiro atoms. The number of hydrogen-bond donors (Lipinski definition) is 1. The van der Waals surface area contributed by atoms with Crippen molar-refractivity contribution < 1.29 is 9.52 Å². The Labute approximate surface area is 93.5 Å². The van der Waals surface area contributed by atoms with E-state index in [0.717, 1.165) is 9.35 Å². The Morgan fingerprint density at radius 2 is 2.43 bits per heavy atom. The van der Waals surface area contributed by atoms with Gasteiger partial charge in [0.15, 0.2) is 5.89 Å². The minimum atomic E-state index is -0.707. The third-order valence-electron chi connectivity index (χ3n) is 1.81. The third-order valence-corrected chi connectivity index (χ3v) is 3.73. The molecule has 0 aromatic carbocycles. The highest BCUT2D eigenvalue weighted by Gasteiger charge is 2.18. The van der Waals surface area contributed by atoms with E-state index < -0.39 is 6.10 Å². The Bertz CT molecular complexity index is 437. The van der Waals surface area contributed by atoms with Crippen molar-refractivity contribution >= 4 is 27.3 Å². The molecule has 0 bridgehead atoms. The number of rotatable bonds is 2. The molecule has 0 saturated carbocycles. The minimum Gasteiger partial charge on any atom is -0.449 e. The fourth-order valence-electron chi connectivity index (χ4n) is 1.14. The van der Waals surface area contributed by atoms with Crippen molar-refractivity contribution in [3.8, 4) is 0 Å². The summed E-state index contributed by atoms with van der Waals surface area (Å²) in [6.45, 7) is 1.75. The fraction of sp³-hybridized carbons (Fsp3) is 0.222. The summed E-state index contributed by atoms with van der Waals surface area (Å²) in [6.07, 6.45) is 0.772. The first kappa shape index (κ1) is 9.89. The number of aliphatic hydroxyl groups excluding tert-OH is 1. The molecule has 2 rings (SSSR count). The highest BCUT2D eigenvalue weighted by Crippen LogP contribution is 2.32. The van der Waals surface area contributed by atoms with Crippen molar-refractivity contribution in [3.05, 3.63) is 38.6 Å². The van der Waals surface area contributed by atoms with E-state index in [4.69, 9.17) is 4.42 Å². The summed E-state index contributed by atoms with van der Waals surface area (Å²) in [6, 6.07) is 1.90. The molecule has 1 atom stereocenters. The molecule has 0 saturated heterocycles. The molecule has 0 aliphatic carbocycles. The molecular formula is C9H8BrNO2S. The standard InChI is InChI=1S/C9H8BrNO2S/c1-5-11-7(4-13-5)8(12)9-6(10)2-3-14-9/h2-4,8,12H,1H3. The van der Waals surface area contributed by atoms with Crippen LogP contribution in [0.1, 0.15) is 22.6 Å². The number of halogens is 1. The van der Waals surface area contributed by atoms with Gasteiger partial charge in [0.05, 0.1) is 4.88 Å². The number of aliphatic hydroxyl groups is 1. The summed E-state index contributed by atoms with van der Waals surface area (Å²) >= 11 is 4.85. The van der Waals surface area contributed by atoms with Gasteiger partial charge in [-0.3, -0.25) is 0 Å². The zero-order valence-corrected chi connectivity index (χ0v) is 9.80. The van der Waals surface area contributed by atoms with Crippen LogP contribution in [-0.2, 0) is 0 Å². The molecule has 14 heavy (non-hydrogen) atoms. The zero-order chi connectivity index (χ0) is 10.1. The summed E-state index contributed by atoms with van der Waals surface area (Å²) in [5.41, 5.74) is 0.547. The van der Waals surface area contributed by atoms with Gasteiger partial charge in [0.25, 0.3) is 0 Å². The van der Waals surface area contributed by atoms with Gasteiger partial charge in [-0.05, 0) is 27.4 Å². The average Bonchev–Trinajstić information content (AvgIpc) is 2.73. The van der Waals surface area contributed by atoms with Gasteiger partial charge < -0.3 is 9.52 Å². The van der Waals surface area contributed by atoms with Crippen molar-refractivity contribution in [2.24, 2.45) is 0 Å². The quantitative estimate of drug-likeness (QED) is 0.915. The van der Waals surface area contributed by atoms with Gasteiger partial charge in [-0.25, -0.2) is 4.98 Å². The Kier molecular flexibility index (Phi) is 2.71. The van der Waals surface area contributed by atoms with E-state index in [2.05, 4.69) is 20.9 Å². The van der Waals surface area contributed by atoms with Crippen LogP contribution < -0.4 is 0 Å². The summed E-state index contributed by atoms with van der Waals surface area (Å²) in [7, 11) is 0. The van der Waals surface area contributed by atoms with E-state index in [1.807, 2.05) is 11.4 Å². The second kappa shape index (κ2) is 3.84. The number of nitrogens with zero attached hydrogens (tertiary/aromatic N) is 1. The van der Waals surface area contributed by atoms with Crippen LogP contribution in [0.25, 0.3) is 0 Å². The Balaban J connectivity index is 2.33. The Morgan fingerprint density at radius 1 is 1.64 bits per heavy atom. The van der Waals surface area contributed by atoms with Gasteiger partial charge >= 0.3 is 0 Å². The number of aryl methyl sites for hydroxylation is 1. The summed E-state index contributed by atoms with van der Waals surface area (Å²) in [5, 5.41) is 11.8. The molecule has 1 N–H and O–H groups in total. The first-order valence-corrected chi connectivity index (χ1v) is 5.68. The van der Waals surface area contributed by atoms with Gasteiger partial charge in [-0.15, -0.1) is 11.3 Å². The second-order valence-corrected chi connectivity index (χ2v) is 4.63. The predicted molar refractivity (Wildman–Crippen MR) is 57.3 cm³/mol. The van der Waals surface area contributed by atoms with E-state index in [-0.39, 0.29) is 0 Å². The Hall–Kier alpha value is -0.650. The number of aromatic nitrogens is 1. The minimum absolute atomic E-state index is 0.547. The van der Waals surface area contributed by atoms with Gasteiger partial charge in [-0.2, -0.15) is 0 Å². The molecular weight excluding hydrogens is 266 g/mol. The lowest BCUT2D eigenvalue weighted by molar-refractivity contribution is 0.218. The van der Waals surface area contributed by atoms with Crippen LogP contribution in [0, 0.1) is 6.92 Å². The number of hydrogen-bond acceptors (Lipinski definition) is 4. The third kappa shape index (κ3) is 1.75. The topological polar surface area (TPSA) is 46.3 Å². The van der Waals surface area contributed by atoms with E-state index in [1.165, 1.54) is 17.6 Å². The SMILES string of the molecule is Cc1nc(C(O)c2sccc2Br)co1. The lowest BCUT2D eigenvalue weighted by atomic mass is 10.2. The van der Waals surface area contributed by atoms with E-state index in [0.29, 0.717) is 11.6 Å². The van der Waals surface area contributed by atoms with E-state index in [1.54, 1.807) is 6.92 Å². The molecule has 2 aromatic rings. The van der Waals surface area contributed by atoms with Gasteiger partial charge in [0, 0.05) is 11.4 Å². The summed E-state index contributed by atoms with van der Waals surface area (Å²) in [4.78, 5) is 4.92. The molecule has 2 heterocycles. The van der Waals surface area contributed by atoms with Crippen LogP contribution >= 0.6 is 27.3 Å². The molecule has 0 radical (unpaired) electrons. The highest BCUT2D eigenvalue weighted by atomic mass is 79.9. The fourth-order valence-corrected chi connectivity index (χ4v) is 2.73. The molecule has 5 heteroatoms. The van der Waals surface area contributed by atoms with Gasteiger partial charge in [-0.1, -0.05) is 0 Å². The molecule has 0 fully saturated rings. The Morgan fingerprint density at radius 3 is 2.93 bits per heavy atom. The van der Waals surface area contributed by atoms with Crippen LogP contribution in [0.4, 0.5) is 0 Å². The first-order valence-electron chi connectivity index (χ1n) is 4.01. The monoisotopic (exact) mass is 273 g/mol. The van der Waals surface area contributed by atoms with Crippen molar-refractivity contribution in [1.29, 1.82) is 0 Å². The molecule has 0 aliphatic rings. The van der Waals surface area contributed by atoms with Crippen LogP contribution in [0.15, 0.2) is 26.6 Å². The average molecular weight is 274 g/mol. The second-order valence-electron chi connectivity index (χ2n) is 2.83. The molecule has 74 valence electrons. The largest absolute Gasteiger partial charge is 0.449 e. The maximum absolute atomic E-state index is 9.93. The molecule has 2 aromatic heterocycles. The van der Waals surface area contributed by atoms with Crippen molar-refractivity contribution in [2.75, 3.05) is 0 Å². The maximum atomic E-state index is 9.93. The van der Waals surface area contributed by atoms with E-state index >= 15 is 0 Å². The highest BCUT2D eigenvalue weighted by molar-refractivity contribution is 9.10. The van der Waals surface area contributed by atoms with Crippen LogP contribution in [0.5, 0.6) is 0 Å². The van der Waals surface area contributed by atoms with Gasteiger partial charge in [0.1, 0.15) is 18.1 Å². The van der Waals surface area contributed by atoms with Gasteiger partial charge in [0.2, 0.25) is 0 Å². The van der Waals surface area contributed by atoms with Crippen LogP contribution in [0.3, 0.4) is 0 Å². The normalized spacial score (nSPS) is 13.1. The summed E-state index contributed by atoms with van der Waals surface area (Å²) in [5.74, 6) is 0.562. The molecule has 0 amide bonds. The van der Waals surface area contributed by atoms with E-state index in [9.17, 15) is 5.11 Å². The van der Waals surface area contributed by atoms with Crippen molar-refractivity contribution in [1.82, 2.24) is 4.98 Å². The maximum Gasteiger partial charge on any atom is 0.191 e. The lowest BCUT2D eigenvalue weighted by Gasteiger charge is -2.04. The number of oxazole rings is 1. The first-order chi connectivity index (χ1) is 6.68. The smallest absolute Gasteiger partial charge is 0.191 e. The van der Waals surface area contributed by atoms with Crippen molar-refractivity contribution in [3.63, 3.8) is 0 Å². The molecule has 1 unspecified atom stereocenters. The number of thiophene rings is 1. The van der Waals surface area contributed by atoms with Crippen LogP contribution in [0.2, 0.25) is 0 Å². The molecule has 3 nitrogen and oxygen atoms in total. The predicted octanol–water partition coefficient (Wildman–Crippen LogP) is 2.89.